The summed E-state index contributed by atoms with van der Waals surface area (Å²) in [6.45, 7) is 10.7. The van der Waals surface area contributed by atoms with Crippen molar-refractivity contribution in [3.8, 4) is 0 Å². The lowest BCUT2D eigenvalue weighted by molar-refractivity contribution is -0.312. The first-order valence-corrected chi connectivity index (χ1v) is 8.43. The number of carbonyl (C=O) groups is 4. The third kappa shape index (κ3) is 5.03. The first-order valence-electron chi connectivity index (χ1n) is 8.43. The van der Waals surface area contributed by atoms with Crippen LogP contribution in [0.2, 0.25) is 0 Å². The summed E-state index contributed by atoms with van der Waals surface area (Å²) in [5, 5.41) is 11.2. The SMILES string of the molecule is CC(C(=O)[O-])C(CC(C)(C)C1C(=O)OC(=O)C1CC(C)(C)C)C(N)=O. The number of cyclic esters (lactones) is 2. The highest BCUT2D eigenvalue weighted by atomic mass is 16.6. The molecule has 0 aromatic rings. The summed E-state index contributed by atoms with van der Waals surface area (Å²) in [4.78, 5) is 47.3. The van der Waals surface area contributed by atoms with E-state index >= 15 is 0 Å². The number of aliphatic carboxylic acids is 1. The van der Waals surface area contributed by atoms with Gasteiger partial charge in [0.1, 0.15) is 0 Å². The van der Waals surface area contributed by atoms with Gasteiger partial charge in [0, 0.05) is 17.8 Å². The third-order valence-electron chi connectivity index (χ3n) is 4.92. The van der Waals surface area contributed by atoms with Gasteiger partial charge in [0.05, 0.1) is 11.8 Å². The normalized spacial score (nSPS) is 23.9. The van der Waals surface area contributed by atoms with Crippen LogP contribution in [0.1, 0.15) is 54.4 Å². The van der Waals surface area contributed by atoms with E-state index in [-0.39, 0.29) is 11.8 Å². The summed E-state index contributed by atoms with van der Waals surface area (Å²) in [5.74, 6) is -6.82. The van der Waals surface area contributed by atoms with Gasteiger partial charge in [-0.3, -0.25) is 14.4 Å². The van der Waals surface area contributed by atoms with Gasteiger partial charge in [-0.15, -0.1) is 0 Å². The number of carboxylic acid groups (broad SMARTS) is 1. The van der Waals surface area contributed by atoms with Crippen molar-refractivity contribution in [1.29, 1.82) is 0 Å². The molecule has 0 saturated carbocycles. The molecule has 1 amide bonds. The summed E-state index contributed by atoms with van der Waals surface area (Å²) in [5.41, 5.74) is 4.32. The highest BCUT2D eigenvalue weighted by Crippen LogP contribution is 2.47. The molecule has 1 heterocycles. The van der Waals surface area contributed by atoms with Crippen LogP contribution < -0.4 is 10.8 Å². The number of esters is 2. The fourth-order valence-corrected chi connectivity index (χ4v) is 3.65. The predicted octanol–water partition coefficient (Wildman–Crippen LogP) is 0.642. The van der Waals surface area contributed by atoms with Gasteiger partial charge in [-0.05, 0) is 23.7 Å². The maximum absolute atomic E-state index is 12.3. The van der Waals surface area contributed by atoms with Crippen molar-refractivity contribution >= 4 is 23.8 Å². The zero-order valence-corrected chi connectivity index (χ0v) is 15.8. The number of carboxylic acids is 1. The molecule has 0 aromatic carbocycles. The minimum absolute atomic E-state index is 0.0468. The van der Waals surface area contributed by atoms with Gasteiger partial charge in [0.15, 0.2) is 0 Å². The second-order valence-electron chi connectivity index (χ2n) is 8.90. The van der Waals surface area contributed by atoms with Crippen LogP contribution in [0.5, 0.6) is 0 Å². The van der Waals surface area contributed by atoms with Gasteiger partial charge in [-0.25, -0.2) is 0 Å². The zero-order chi connectivity index (χ0) is 19.7. The van der Waals surface area contributed by atoms with E-state index in [2.05, 4.69) is 0 Å². The molecule has 0 radical (unpaired) electrons. The standard InChI is InChI=1S/C18H29NO6/c1-9(14(21)22)10(13(19)20)8-18(5,6)12-11(7-17(2,3)4)15(23)25-16(12)24/h9-12H,7-8H2,1-6H3,(H2,19,20)(H,21,22)/p-1. The van der Waals surface area contributed by atoms with Crippen molar-refractivity contribution in [2.45, 2.75) is 54.4 Å². The summed E-state index contributed by atoms with van der Waals surface area (Å²) in [6.07, 6.45) is 0.494. The number of primary amides is 1. The number of hydrogen-bond donors (Lipinski definition) is 1. The Labute approximate surface area is 148 Å². The molecule has 4 atom stereocenters. The van der Waals surface area contributed by atoms with E-state index in [1.165, 1.54) is 6.92 Å². The van der Waals surface area contributed by atoms with Crippen molar-refractivity contribution in [2.24, 2.45) is 40.2 Å². The molecule has 7 nitrogen and oxygen atoms in total. The molecule has 4 unspecified atom stereocenters. The van der Waals surface area contributed by atoms with Crippen LogP contribution in [-0.2, 0) is 23.9 Å². The Morgan fingerprint density at radius 3 is 2.08 bits per heavy atom. The van der Waals surface area contributed by atoms with Crippen LogP contribution in [0.15, 0.2) is 0 Å². The van der Waals surface area contributed by atoms with Crippen LogP contribution in [0.4, 0.5) is 0 Å². The number of nitrogens with two attached hydrogens (primary N) is 1. The highest BCUT2D eigenvalue weighted by molar-refractivity contribution is 5.97. The van der Waals surface area contributed by atoms with Crippen LogP contribution in [-0.4, -0.2) is 23.8 Å². The van der Waals surface area contributed by atoms with Crippen LogP contribution in [0.3, 0.4) is 0 Å². The first kappa shape index (κ1) is 21.1. The average Bonchev–Trinajstić information content (AvgIpc) is 2.68. The summed E-state index contributed by atoms with van der Waals surface area (Å²) in [6, 6.07) is 0. The van der Waals surface area contributed by atoms with Gasteiger partial charge in [0.2, 0.25) is 5.91 Å². The lowest BCUT2D eigenvalue weighted by Gasteiger charge is -2.37. The Balaban J connectivity index is 3.15. The molecule has 142 valence electrons. The average molecular weight is 354 g/mol. The second-order valence-corrected chi connectivity index (χ2v) is 8.90. The van der Waals surface area contributed by atoms with E-state index in [4.69, 9.17) is 10.5 Å². The largest absolute Gasteiger partial charge is 0.550 e. The topological polar surface area (TPSA) is 127 Å². The van der Waals surface area contributed by atoms with Gasteiger partial charge in [-0.1, -0.05) is 41.5 Å². The van der Waals surface area contributed by atoms with Crippen LogP contribution in [0, 0.1) is 34.5 Å². The van der Waals surface area contributed by atoms with Gasteiger partial charge in [0.25, 0.3) is 0 Å². The highest BCUT2D eigenvalue weighted by Gasteiger charge is 2.53. The molecule has 1 aliphatic rings. The summed E-state index contributed by atoms with van der Waals surface area (Å²) >= 11 is 0. The summed E-state index contributed by atoms with van der Waals surface area (Å²) < 4.78 is 4.85. The molecule has 0 aliphatic carbocycles. The monoisotopic (exact) mass is 354 g/mol. The molecule has 0 bridgehead atoms. The van der Waals surface area contributed by atoms with Crippen molar-refractivity contribution < 1.29 is 29.0 Å². The fourth-order valence-electron chi connectivity index (χ4n) is 3.65. The molecular formula is C18H28NO6-. The minimum Gasteiger partial charge on any atom is -0.550 e. The quantitative estimate of drug-likeness (QED) is 0.528. The fraction of sp³-hybridized carbons (Fsp3) is 0.778. The maximum Gasteiger partial charge on any atom is 0.318 e. The Kier molecular flexibility index (Phi) is 6.03. The smallest absolute Gasteiger partial charge is 0.318 e. The zero-order valence-electron chi connectivity index (χ0n) is 15.8. The summed E-state index contributed by atoms with van der Waals surface area (Å²) in [7, 11) is 0. The van der Waals surface area contributed by atoms with Crippen LogP contribution in [0.25, 0.3) is 0 Å². The van der Waals surface area contributed by atoms with Crippen molar-refractivity contribution in [2.75, 3.05) is 0 Å². The van der Waals surface area contributed by atoms with Crippen molar-refractivity contribution in [3.05, 3.63) is 0 Å². The third-order valence-corrected chi connectivity index (χ3v) is 4.92. The molecular weight excluding hydrogens is 326 g/mol. The predicted molar refractivity (Wildman–Crippen MR) is 87.4 cm³/mol. The molecule has 7 heteroatoms. The van der Waals surface area contributed by atoms with E-state index in [0.29, 0.717) is 6.42 Å². The Bertz CT molecular complexity index is 575. The van der Waals surface area contributed by atoms with E-state index in [1.807, 2.05) is 20.8 Å². The van der Waals surface area contributed by atoms with Gasteiger partial charge in [-0.2, -0.15) is 0 Å². The second kappa shape index (κ2) is 7.14. The Morgan fingerprint density at radius 2 is 1.68 bits per heavy atom. The molecule has 1 saturated heterocycles. The number of carbonyl (C=O) groups excluding carboxylic acids is 4. The Hall–Kier alpha value is -1.92. The van der Waals surface area contributed by atoms with E-state index in [9.17, 15) is 24.3 Å². The minimum atomic E-state index is -1.38. The van der Waals surface area contributed by atoms with Crippen molar-refractivity contribution in [3.63, 3.8) is 0 Å². The number of hydrogen-bond acceptors (Lipinski definition) is 6. The molecule has 25 heavy (non-hydrogen) atoms. The lowest BCUT2D eigenvalue weighted by atomic mass is 9.64. The Morgan fingerprint density at radius 1 is 1.16 bits per heavy atom. The maximum atomic E-state index is 12.3. The van der Waals surface area contributed by atoms with Gasteiger partial charge < -0.3 is 20.4 Å². The van der Waals surface area contributed by atoms with E-state index in [0.717, 1.165) is 0 Å². The molecule has 0 spiro atoms. The lowest BCUT2D eigenvalue weighted by Crippen LogP contribution is -2.44. The van der Waals surface area contributed by atoms with E-state index < -0.39 is 52.9 Å². The van der Waals surface area contributed by atoms with Crippen LogP contribution >= 0.6 is 0 Å². The molecule has 1 rings (SSSR count). The van der Waals surface area contributed by atoms with Crippen molar-refractivity contribution in [1.82, 2.24) is 0 Å². The number of rotatable bonds is 7. The molecule has 1 fully saturated rings. The first-order chi connectivity index (χ1) is 11.2. The van der Waals surface area contributed by atoms with Gasteiger partial charge >= 0.3 is 11.9 Å². The number of ether oxygens (including phenoxy) is 1. The molecule has 1 aliphatic heterocycles. The van der Waals surface area contributed by atoms with E-state index in [1.54, 1.807) is 13.8 Å². The number of amides is 1. The molecule has 2 N–H and O–H groups in total. The molecule has 0 aromatic heterocycles.